The van der Waals surface area contributed by atoms with E-state index in [0.29, 0.717) is 0 Å². The van der Waals surface area contributed by atoms with Gasteiger partial charge >= 0.3 is 0 Å². The van der Waals surface area contributed by atoms with Gasteiger partial charge < -0.3 is 5.11 Å². The van der Waals surface area contributed by atoms with E-state index in [2.05, 4.69) is 33.6 Å². The van der Waals surface area contributed by atoms with Crippen LogP contribution in [0.2, 0.25) is 0 Å². The fourth-order valence-electron chi connectivity index (χ4n) is 2.13. The molecule has 0 unspecified atom stereocenters. The number of hydrogen-bond acceptors (Lipinski definition) is 4. The highest BCUT2D eigenvalue weighted by Gasteiger charge is 2.17. The SMILES string of the molecule is CC[C@@H](CO)N(Cc1ccsc1)Cc1ccccn1. The van der Waals surface area contributed by atoms with Gasteiger partial charge in [-0.25, -0.2) is 0 Å². The first-order valence-electron chi connectivity index (χ1n) is 6.59. The number of aliphatic hydroxyl groups is 1. The summed E-state index contributed by atoms with van der Waals surface area (Å²) in [6.07, 6.45) is 2.76. The van der Waals surface area contributed by atoms with Crippen molar-refractivity contribution in [3.05, 3.63) is 52.5 Å². The van der Waals surface area contributed by atoms with Crippen molar-refractivity contribution in [2.75, 3.05) is 6.61 Å². The van der Waals surface area contributed by atoms with Gasteiger partial charge in [-0.05, 0) is 40.9 Å². The number of hydrogen-bond donors (Lipinski definition) is 1. The molecule has 102 valence electrons. The van der Waals surface area contributed by atoms with Gasteiger partial charge in [0.25, 0.3) is 0 Å². The predicted molar refractivity (Wildman–Crippen MR) is 79.0 cm³/mol. The summed E-state index contributed by atoms with van der Waals surface area (Å²) in [5.74, 6) is 0. The molecule has 0 aliphatic carbocycles. The van der Waals surface area contributed by atoms with Gasteiger partial charge in [-0.15, -0.1) is 0 Å². The predicted octanol–water partition coefficient (Wildman–Crippen LogP) is 2.92. The Bertz CT molecular complexity index is 454. The number of aromatic nitrogens is 1. The molecule has 0 aliphatic rings. The highest BCUT2D eigenvalue weighted by molar-refractivity contribution is 7.07. The lowest BCUT2D eigenvalue weighted by atomic mass is 10.1. The Labute approximate surface area is 118 Å². The maximum atomic E-state index is 9.54. The van der Waals surface area contributed by atoms with E-state index < -0.39 is 0 Å². The first-order chi connectivity index (χ1) is 9.33. The Morgan fingerprint density at radius 1 is 1.32 bits per heavy atom. The van der Waals surface area contributed by atoms with Crippen molar-refractivity contribution in [3.8, 4) is 0 Å². The molecule has 0 aliphatic heterocycles. The minimum atomic E-state index is 0.182. The molecule has 2 aromatic rings. The molecule has 0 bridgehead atoms. The van der Waals surface area contributed by atoms with Crippen LogP contribution in [0, 0.1) is 0 Å². The molecule has 0 saturated carbocycles. The molecule has 0 radical (unpaired) electrons. The molecular weight excluding hydrogens is 256 g/mol. The number of aliphatic hydroxyl groups excluding tert-OH is 1. The van der Waals surface area contributed by atoms with Crippen LogP contribution in [-0.2, 0) is 13.1 Å². The third-order valence-corrected chi connectivity index (χ3v) is 3.99. The van der Waals surface area contributed by atoms with Gasteiger partial charge in [0.15, 0.2) is 0 Å². The minimum absolute atomic E-state index is 0.182. The van der Waals surface area contributed by atoms with E-state index in [-0.39, 0.29) is 12.6 Å². The monoisotopic (exact) mass is 276 g/mol. The van der Waals surface area contributed by atoms with Crippen LogP contribution in [0.15, 0.2) is 41.2 Å². The van der Waals surface area contributed by atoms with Crippen molar-refractivity contribution in [3.63, 3.8) is 0 Å². The van der Waals surface area contributed by atoms with E-state index in [1.165, 1.54) is 5.56 Å². The molecule has 2 aromatic heterocycles. The summed E-state index contributed by atoms with van der Waals surface area (Å²) in [7, 11) is 0. The molecular formula is C15H20N2OS. The van der Waals surface area contributed by atoms with Crippen LogP contribution >= 0.6 is 11.3 Å². The minimum Gasteiger partial charge on any atom is -0.395 e. The summed E-state index contributed by atoms with van der Waals surface area (Å²) in [4.78, 5) is 6.67. The molecule has 3 nitrogen and oxygen atoms in total. The smallest absolute Gasteiger partial charge is 0.0587 e. The zero-order valence-corrected chi connectivity index (χ0v) is 12.0. The van der Waals surface area contributed by atoms with Gasteiger partial charge in [0.2, 0.25) is 0 Å². The average molecular weight is 276 g/mol. The van der Waals surface area contributed by atoms with Crippen LogP contribution in [0.4, 0.5) is 0 Å². The molecule has 0 fully saturated rings. The van der Waals surface area contributed by atoms with E-state index in [0.717, 1.165) is 25.2 Å². The Morgan fingerprint density at radius 2 is 2.21 bits per heavy atom. The van der Waals surface area contributed by atoms with Crippen LogP contribution in [0.1, 0.15) is 24.6 Å². The highest BCUT2D eigenvalue weighted by Crippen LogP contribution is 2.16. The maximum absolute atomic E-state index is 9.54. The Kier molecular flexibility index (Phi) is 5.51. The van der Waals surface area contributed by atoms with E-state index in [4.69, 9.17) is 0 Å². The fourth-order valence-corrected chi connectivity index (χ4v) is 2.79. The number of nitrogens with zero attached hydrogens (tertiary/aromatic N) is 2. The lowest BCUT2D eigenvalue weighted by Gasteiger charge is -2.29. The van der Waals surface area contributed by atoms with E-state index in [1.54, 1.807) is 11.3 Å². The van der Waals surface area contributed by atoms with Gasteiger partial charge in [-0.1, -0.05) is 13.0 Å². The summed E-state index contributed by atoms with van der Waals surface area (Å²) < 4.78 is 0. The molecule has 4 heteroatoms. The van der Waals surface area contributed by atoms with Gasteiger partial charge in [-0.3, -0.25) is 9.88 Å². The van der Waals surface area contributed by atoms with Crippen LogP contribution in [0.25, 0.3) is 0 Å². The van der Waals surface area contributed by atoms with E-state index >= 15 is 0 Å². The maximum Gasteiger partial charge on any atom is 0.0587 e. The number of pyridine rings is 1. The Hall–Kier alpha value is -1.23. The van der Waals surface area contributed by atoms with Crippen LogP contribution in [-0.4, -0.2) is 27.6 Å². The third kappa shape index (κ3) is 4.13. The molecule has 1 N–H and O–H groups in total. The van der Waals surface area contributed by atoms with Crippen molar-refractivity contribution < 1.29 is 5.11 Å². The average Bonchev–Trinajstić information content (AvgIpc) is 2.94. The Balaban J connectivity index is 2.09. The van der Waals surface area contributed by atoms with Gasteiger partial charge in [0.05, 0.1) is 12.3 Å². The molecule has 0 aromatic carbocycles. The molecule has 19 heavy (non-hydrogen) atoms. The summed E-state index contributed by atoms with van der Waals surface area (Å²) in [6.45, 7) is 3.93. The van der Waals surface area contributed by atoms with Gasteiger partial charge in [0.1, 0.15) is 0 Å². The normalized spacial score (nSPS) is 12.8. The van der Waals surface area contributed by atoms with Crippen molar-refractivity contribution in [2.24, 2.45) is 0 Å². The second-order valence-electron chi connectivity index (χ2n) is 4.60. The van der Waals surface area contributed by atoms with Crippen LogP contribution in [0.5, 0.6) is 0 Å². The van der Waals surface area contributed by atoms with Gasteiger partial charge in [0, 0.05) is 25.3 Å². The second kappa shape index (κ2) is 7.38. The van der Waals surface area contributed by atoms with Gasteiger partial charge in [-0.2, -0.15) is 11.3 Å². The standard InChI is InChI=1S/C15H20N2OS/c1-2-15(11-18)17(9-13-6-8-19-12-13)10-14-5-3-4-7-16-14/h3-8,12,15,18H,2,9-11H2,1H3/t15-/m0/s1. The molecule has 2 heterocycles. The lowest BCUT2D eigenvalue weighted by Crippen LogP contribution is -2.36. The zero-order chi connectivity index (χ0) is 13.5. The topological polar surface area (TPSA) is 36.4 Å². The quantitative estimate of drug-likeness (QED) is 0.844. The highest BCUT2D eigenvalue weighted by atomic mass is 32.1. The molecule has 0 spiro atoms. The summed E-state index contributed by atoms with van der Waals surface area (Å²) in [6, 6.07) is 8.29. The van der Waals surface area contributed by atoms with Crippen molar-refractivity contribution in [1.82, 2.24) is 9.88 Å². The van der Waals surface area contributed by atoms with Crippen molar-refractivity contribution in [1.29, 1.82) is 0 Å². The van der Waals surface area contributed by atoms with Crippen molar-refractivity contribution >= 4 is 11.3 Å². The third-order valence-electron chi connectivity index (χ3n) is 3.26. The van der Waals surface area contributed by atoms with E-state index in [1.807, 2.05) is 24.4 Å². The van der Waals surface area contributed by atoms with E-state index in [9.17, 15) is 5.11 Å². The zero-order valence-electron chi connectivity index (χ0n) is 11.2. The van der Waals surface area contributed by atoms with Crippen molar-refractivity contribution in [2.45, 2.75) is 32.5 Å². The summed E-state index contributed by atoms with van der Waals surface area (Å²) in [5.41, 5.74) is 2.34. The first kappa shape index (κ1) is 14.2. The second-order valence-corrected chi connectivity index (χ2v) is 5.38. The first-order valence-corrected chi connectivity index (χ1v) is 7.53. The fraction of sp³-hybridized carbons (Fsp3) is 0.400. The molecule has 2 rings (SSSR count). The largest absolute Gasteiger partial charge is 0.395 e. The number of thiophene rings is 1. The molecule has 0 saturated heterocycles. The Morgan fingerprint density at radius 3 is 2.79 bits per heavy atom. The lowest BCUT2D eigenvalue weighted by molar-refractivity contribution is 0.105. The molecule has 0 amide bonds. The van der Waals surface area contributed by atoms with Crippen LogP contribution < -0.4 is 0 Å². The number of rotatable bonds is 7. The summed E-state index contributed by atoms with van der Waals surface area (Å²) >= 11 is 1.71. The van der Waals surface area contributed by atoms with Crippen LogP contribution in [0.3, 0.4) is 0 Å². The molecule has 1 atom stereocenters. The summed E-state index contributed by atoms with van der Waals surface area (Å²) in [5, 5.41) is 13.8.